The molecule has 2 aromatic rings. The van der Waals surface area contributed by atoms with Gasteiger partial charge in [-0.2, -0.15) is 0 Å². The molecule has 0 radical (unpaired) electrons. The molecule has 1 aromatic heterocycles. The number of hydrogen-bond acceptors (Lipinski definition) is 4. The number of anilines is 1. The number of amides is 1. The number of carbonyl (C=O) groups excluding carboxylic acids is 1. The van der Waals surface area contributed by atoms with Crippen molar-refractivity contribution >= 4 is 57.6 Å². The van der Waals surface area contributed by atoms with Gasteiger partial charge in [-0.1, -0.05) is 47.7 Å². The summed E-state index contributed by atoms with van der Waals surface area (Å²) in [6.45, 7) is 0. The van der Waals surface area contributed by atoms with Gasteiger partial charge in [-0.05, 0) is 42.5 Å². The van der Waals surface area contributed by atoms with Crippen molar-refractivity contribution < 1.29 is 9.21 Å². The lowest BCUT2D eigenvalue weighted by Crippen LogP contribution is -2.27. The summed E-state index contributed by atoms with van der Waals surface area (Å²) in [6, 6.07) is 10.7. The molecule has 3 nitrogen and oxygen atoms in total. The molecule has 3 rings (SSSR count). The van der Waals surface area contributed by atoms with Crippen LogP contribution in [0.25, 0.3) is 6.08 Å². The lowest BCUT2D eigenvalue weighted by Gasteiger charge is -2.14. The predicted molar refractivity (Wildman–Crippen MR) is 95.0 cm³/mol. The number of hydrogen-bond donors (Lipinski definition) is 0. The molecule has 0 bridgehead atoms. The van der Waals surface area contributed by atoms with Crippen LogP contribution in [0.15, 0.2) is 64.1 Å². The third-order valence-electron chi connectivity index (χ3n) is 2.91. The Hall–Kier alpha value is -1.82. The van der Waals surface area contributed by atoms with Crippen molar-refractivity contribution in [1.82, 2.24) is 0 Å². The molecule has 6 heteroatoms. The van der Waals surface area contributed by atoms with Crippen molar-refractivity contribution in [2.24, 2.45) is 0 Å². The summed E-state index contributed by atoms with van der Waals surface area (Å²) >= 11 is 12.5. The Morgan fingerprint density at radius 3 is 2.86 bits per heavy atom. The van der Waals surface area contributed by atoms with Gasteiger partial charge in [0.1, 0.15) is 5.76 Å². The third kappa shape index (κ3) is 3.16. The first kappa shape index (κ1) is 15.1. The molecule has 1 fully saturated rings. The average molecular weight is 348 g/mol. The summed E-state index contributed by atoms with van der Waals surface area (Å²) < 4.78 is 5.68. The Bertz CT molecular complexity index is 781. The monoisotopic (exact) mass is 347 g/mol. The van der Waals surface area contributed by atoms with E-state index in [2.05, 4.69) is 0 Å². The molecule has 22 heavy (non-hydrogen) atoms. The fourth-order valence-electron chi connectivity index (χ4n) is 1.94. The molecule has 0 spiro atoms. The van der Waals surface area contributed by atoms with E-state index in [1.54, 1.807) is 54.8 Å². The molecule has 1 saturated heterocycles. The second-order valence-corrected chi connectivity index (χ2v) is 6.51. The Morgan fingerprint density at radius 2 is 2.14 bits per heavy atom. The minimum atomic E-state index is -0.152. The van der Waals surface area contributed by atoms with E-state index < -0.39 is 0 Å². The second kappa shape index (κ2) is 6.52. The average Bonchev–Trinajstić information content (AvgIpc) is 3.08. The molecule has 1 aliphatic heterocycles. The standard InChI is InChI=1S/C16H10ClNO2S2/c17-11-4-1-5-12(10-11)18-15(19)14(22-16(18)21)8-2-6-13-7-3-9-20-13/h1-10H/b6-2+,14-8+. The van der Waals surface area contributed by atoms with E-state index in [4.69, 9.17) is 28.2 Å². The molecule has 0 unspecified atom stereocenters. The van der Waals surface area contributed by atoms with E-state index in [0.717, 1.165) is 5.76 Å². The Kier molecular flexibility index (Phi) is 4.47. The first-order valence-corrected chi connectivity index (χ1v) is 7.99. The van der Waals surface area contributed by atoms with Crippen molar-refractivity contribution in [3.05, 3.63) is 70.5 Å². The smallest absolute Gasteiger partial charge is 0.270 e. The van der Waals surface area contributed by atoms with Crippen LogP contribution in [-0.4, -0.2) is 10.2 Å². The van der Waals surface area contributed by atoms with E-state index in [1.807, 2.05) is 6.07 Å². The van der Waals surface area contributed by atoms with E-state index in [0.29, 0.717) is 19.9 Å². The minimum Gasteiger partial charge on any atom is -0.465 e. The van der Waals surface area contributed by atoms with Gasteiger partial charge in [-0.15, -0.1) is 0 Å². The predicted octanol–water partition coefficient (Wildman–Crippen LogP) is 4.90. The molecule has 110 valence electrons. The molecule has 2 heterocycles. The summed E-state index contributed by atoms with van der Waals surface area (Å²) in [5.74, 6) is 0.572. The maximum atomic E-state index is 12.5. The Morgan fingerprint density at radius 1 is 1.27 bits per heavy atom. The van der Waals surface area contributed by atoms with Crippen LogP contribution < -0.4 is 4.90 Å². The molecule has 0 atom stereocenters. The van der Waals surface area contributed by atoms with Crippen molar-refractivity contribution in [3.63, 3.8) is 0 Å². The van der Waals surface area contributed by atoms with Gasteiger partial charge in [0.05, 0.1) is 16.9 Å². The number of rotatable bonds is 3. The second-order valence-electron chi connectivity index (χ2n) is 4.39. The van der Waals surface area contributed by atoms with Crippen molar-refractivity contribution in [2.75, 3.05) is 4.90 Å². The number of halogens is 1. The van der Waals surface area contributed by atoms with Gasteiger partial charge in [0.25, 0.3) is 5.91 Å². The number of benzene rings is 1. The van der Waals surface area contributed by atoms with Gasteiger partial charge in [-0.25, -0.2) is 0 Å². The first-order chi connectivity index (χ1) is 10.6. The van der Waals surface area contributed by atoms with E-state index in [9.17, 15) is 4.79 Å². The molecule has 0 saturated carbocycles. The fraction of sp³-hybridized carbons (Fsp3) is 0. The number of thioether (sulfide) groups is 1. The van der Waals surface area contributed by atoms with Crippen LogP contribution in [0.2, 0.25) is 5.02 Å². The Balaban J connectivity index is 1.82. The molecule has 1 aromatic carbocycles. The highest BCUT2D eigenvalue weighted by Gasteiger charge is 2.32. The van der Waals surface area contributed by atoms with Crippen molar-refractivity contribution in [3.8, 4) is 0 Å². The highest BCUT2D eigenvalue weighted by Crippen LogP contribution is 2.35. The van der Waals surface area contributed by atoms with Crippen LogP contribution in [-0.2, 0) is 4.79 Å². The lowest BCUT2D eigenvalue weighted by atomic mass is 10.3. The summed E-state index contributed by atoms with van der Waals surface area (Å²) in [6.07, 6.45) is 6.87. The van der Waals surface area contributed by atoms with Crippen molar-refractivity contribution in [2.45, 2.75) is 0 Å². The SMILES string of the molecule is O=C1/C(=C\C=C\c2ccco2)SC(=S)N1c1cccc(Cl)c1. The van der Waals surface area contributed by atoms with Crippen LogP contribution >= 0.6 is 35.6 Å². The van der Waals surface area contributed by atoms with Crippen LogP contribution in [0, 0.1) is 0 Å². The topological polar surface area (TPSA) is 33.5 Å². The number of nitrogens with zero attached hydrogens (tertiary/aromatic N) is 1. The number of allylic oxidation sites excluding steroid dienone is 2. The molecule has 1 amide bonds. The largest absolute Gasteiger partial charge is 0.465 e. The zero-order valence-electron chi connectivity index (χ0n) is 11.2. The first-order valence-electron chi connectivity index (χ1n) is 6.39. The highest BCUT2D eigenvalue weighted by molar-refractivity contribution is 8.27. The van der Waals surface area contributed by atoms with Crippen molar-refractivity contribution in [1.29, 1.82) is 0 Å². The molecule has 0 N–H and O–H groups in total. The van der Waals surface area contributed by atoms with Gasteiger partial charge in [0.15, 0.2) is 4.32 Å². The van der Waals surface area contributed by atoms with Crippen LogP contribution in [0.1, 0.15) is 5.76 Å². The summed E-state index contributed by atoms with van der Waals surface area (Å²) in [4.78, 5) is 14.5. The highest BCUT2D eigenvalue weighted by atomic mass is 35.5. The van der Waals surface area contributed by atoms with Gasteiger partial charge in [0.2, 0.25) is 0 Å². The number of carbonyl (C=O) groups is 1. The molecule has 0 aliphatic carbocycles. The molecular formula is C16H10ClNO2S2. The van der Waals surface area contributed by atoms with Gasteiger partial charge >= 0.3 is 0 Å². The van der Waals surface area contributed by atoms with E-state index in [-0.39, 0.29) is 5.91 Å². The zero-order chi connectivity index (χ0) is 15.5. The molecule has 1 aliphatic rings. The van der Waals surface area contributed by atoms with Gasteiger partial charge < -0.3 is 4.42 Å². The minimum absolute atomic E-state index is 0.152. The molecular weight excluding hydrogens is 338 g/mol. The summed E-state index contributed by atoms with van der Waals surface area (Å²) in [7, 11) is 0. The summed E-state index contributed by atoms with van der Waals surface area (Å²) in [5.41, 5.74) is 0.674. The zero-order valence-corrected chi connectivity index (χ0v) is 13.6. The third-order valence-corrected chi connectivity index (χ3v) is 4.47. The fourth-order valence-corrected chi connectivity index (χ4v) is 3.37. The van der Waals surface area contributed by atoms with Crippen LogP contribution in [0.4, 0.5) is 5.69 Å². The van der Waals surface area contributed by atoms with Crippen LogP contribution in [0.5, 0.6) is 0 Å². The Labute approximate surface area is 142 Å². The number of furan rings is 1. The quantitative estimate of drug-likeness (QED) is 0.584. The van der Waals surface area contributed by atoms with Gasteiger partial charge in [0, 0.05) is 5.02 Å². The number of thiocarbonyl (C=S) groups is 1. The van der Waals surface area contributed by atoms with Crippen LogP contribution in [0.3, 0.4) is 0 Å². The van der Waals surface area contributed by atoms with E-state index >= 15 is 0 Å². The normalized spacial score (nSPS) is 17.1. The maximum absolute atomic E-state index is 12.5. The van der Waals surface area contributed by atoms with E-state index in [1.165, 1.54) is 16.7 Å². The maximum Gasteiger partial charge on any atom is 0.270 e. The summed E-state index contributed by atoms with van der Waals surface area (Å²) in [5, 5.41) is 0.563. The van der Waals surface area contributed by atoms with Gasteiger partial charge in [-0.3, -0.25) is 9.69 Å². The lowest BCUT2D eigenvalue weighted by molar-refractivity contribution is -0.113.